The van der Waals surface area contributed by atoms with Crippen LogP contribution in [-0.4, -0.2) is 22.5 Å². The van der Waals surface area contributed by atoms with Crippen molar-refractivity contribution in [1.29, 1.82) is 0 Å². The van der Waals surface area contributed by atoms with E-state index in [-0.39, 0.29) is 0 Å². The van der Waals surface area contributed by atoms with Gasteiger partial charge in [-0.1, -0.05) is 41.9 Å². The Morgan fingerprint density at radius 2 is 2.05 bits per heavy atom. The summed E-state index contributed by atoms with van der Waals surface area (Å²) in [7, 11) is 0. The highest BCUT2D eigenvalue weighted by atomic mass is 35.5. The number of hydrogen-bond donors (Lipinski definition) is 0. The highest BCUT2D eigenvalue weighted by Crippen LogP contribution is 2.25. The Hall–Kier alpha value is -1.58. The highest BCUT2D eigenvalue weighted by molar-refractivity contribution is 6.29. The zero-order valence-electron chi connectivity index (χ0n) is 11.4. The van der Waals surface area contributed by atoms with Gasteiger partial charge in [-0.3, -0.25) is 4.90 Å². The van der Waals surface area contributed by atoms with E-state index in [9.17, 15) is 0 Å². The summed E-state index contributed by atoms with van der Waals surface area (Å²) in [6.45, 7) is 4.55. The number of ether oxygens (including phenoxy) is 1. The molecule has 1 aromatic carbocycles. The van der Waals surface area contributed by atoms with Crippen molar-refractivity contribution in [2.24, 2.45) is 0 Å². The van der Waals surface area contributed by atoms with Gasteiger partial charge in [0, 0.05) is 24.7 Å². The van der Waals surface area contributed by atoms with Crippen LogP contribution in [0.2, 0.25) is 5.15 Å². The molecule has 0 fully saturated rings. The van der Waals surface area contributed by atoms with Crippen molar-refractivity contribution in [3.05, 3.63) is 58.7 Å². The molecule has 0 saturated carbocycles. The van der Waals surface area contributed by atoms with E-state index in [2.05, 4.69) is 41.1 Å². The number of rotatable bonds is 2. The minimum atomic E-state index is 0.336. The quantitative estimate of drug-likeness (QED) is 0.791. The topological polar surface area (TPSA) is 25.4 Å². The van der Waals surface area contributed by atoms with Gasteiger partial charge < -0.3 is 4.74 Å². The Labute approximate surface area is 124 Å². The number of nitrogens with zero attached hydrogens (tertiary/aromatic N) is 2. The number of hydrogen-bond acceptors (Lipinski definition) is 3. The van der Waals surface area contributed by atoms with E-state index in [1.54, 1.807) is 0 Å². The van der Waals surface area contributed by atoms with Crippen molar-refractivity contribution in [2.45, 2.75) is 26.1 Å². The summed E-state index contributed by atoms with van der Waals surface area (Å²) in [5.41, 5.74) is 2.40. The summed E-state index contributed by atoms with van der Waals surface area (Å²) < 4.78 is 5.77. The molecule has 3 rings (SSSR count). The Bertz CT molecular complexity index is 588. The lowest BCUT2D eigenvalue weighted by Gasteiger charge is -2.25. The van der Waals surface area contributed by atoms with Crippen molar-refractivity contribution >= 4 is 11.6 Å². The van der Waals surface area contributed by atoms with E-state index >= 15 is 0 Å². The molecule has 0 amide bonds. The lowest BCUT2D eigenvalue weighted by molar-refractivity contribution is 0.150. The van der Waals surface area contributed by atoms with Gasteiger partial charge in [0.05, 0.1) is 0 Å². The second-order valence-electron chi connectivity index (χ2n) is 5.15. The molecule has 3 nitrogen and oxygen atoms in total. The molecule has 0 aliphatic carbocycles. The second kappa shape index (κ2) is 5.81. The maximum absolute atomic E-state index is 5.93. The smallest absolute Gasteiger partial charge is 0.219 e. The number of halogens is 1. The molecule has 2 heterocycles. The van der Waals surface area contributed by atoms with Crippen molar-refractivity contribution < 1.29 is 4.74 Å². The molecule has 104 valence electrons. The first-order valence-corrected chi connectivity index (χ1v) is 7.16. The second-order valence-corrected chi connectivity index (χ2v) is 5.54. The minimum Gasteiger partial charge on any atom is -0.476 e. The fourth-order valence-electron chi connectivity index (χ4n) is 2.40. The van der Waals surface area contributed by atoms with E-state index < -0.39 is 0 Å². The van der Waals surface area contributed by atoms with Crippen LogP contribution in [0.15, 0.2) is 42.5 Å². The van der Waals surface area contributed by atoms with Gasteiger partial charge in [-0.05, 0) is 24.6 Å². The van der Waals surface area contributed by atoms with Gasteiger partial charge in [0.1, 0.15) is 11.8 Å². The van der Waals surface area contributed by atoms with Crippen LogP contribution in [0.3, 0.4) is 0 Å². The predicted octanol–water partition coefficient (Wildman–Crippen LogP) is 3.52. The van der Waals surface area contributed by atoms with Gasteiger partial charge in [-0.25, -0.2) is 4.98 Å². The molecule has 0 spiro atoms. The van der Waals surface area contributed by atoms with Gasteiger partial charge in [-0.2, -0.15) is 0 Å². The zero-order chi connectivity index (χ0) is 13.9. The third-order valence-corrected chi connectivity index (χ3v) is 3.80. The van der Waals surface area contributed by atoms with Crippen molar-refractivity contribution in [1.82, 2.24) is 9.88 Å². The monoisotopic (exact) mass is 288 g/mol. The normalized spacial score (nSPS) is 19.0. The van der Waals surface area contributed by atoms with E-state index in [0.717, 1.165) is 18.7 Å². The van der Waals surface area contributed by atoms with E-state index in [1.807, 2.05) is 18.2 Å². The molecule has 0 N–H and O–H groups in total. The average molecular weight is 289 g/mol. The molecule has 20 heavy (non-hydrogen) atoms. The summed E-state index contributed by atoms with van der Waals surface area (Å²) in [6.07, 6.45) is 0. The molecule has 4 heteroatoms. The Balaban J connectivity index is 1.82. The van der Waals surface area contributed by atoms with E-state index in [1.165, 1.54) is 5.56 Å². The van der Waals surface area contributed by atoms with Gasteiger partial charge in [0.2, 0.25) is 5.88 Å². The largest absolute Gasteiger partial charge is 0.476 e. The molecule has 1 aliphatic rings. The fraction of sp³-hybridized carbons (Fsp3) is 0.312. The first kappa shape index (κ1) is 13.4. The molecule has 1 aliphatic heterocycles. The third-order valence-electron chi connectivity index (χ3n) is 3.59. The highest BCUT2D eigenvalue weighted by Gasteiger charge is 2.22. The first-order chi connectivity index (χ1) is 9.72. The number of pyridine rings is 1. The van der Waals surface area contributed by atoms with Crippen LogP contribution < -0.4 is 4.74 Å². The number of fused-ring (bicyclic) bond motifs is 1. The summed E-state index contributed by atoms with van der Waals surface area (Å²) in [5, 5.41) is 0.480. The molecule has 0 radical (unpaired) electrons. The molecule has 0 saturated heterocycles. The van der Waals surface area contributed by atoms with Gasteiger partial charge in [0.25, 0.3) is 0 Å². The van der Waals surface area contributed by atoms with Crippen molar-refractivity contribution in [3.8, 4) is 5.88 Å². The van der Waals surface area contributed by atoms with Crippen LogP contribution in [0.1, 0.15) is 18.1 Å². The van der Waals surface area contributed by atoms with Crippen LogP contribution in [-0.2, 0) is 13.1 Å². The van der Waals surface area contributed by atoms with Crippen LogP contribution >= 0.6 is 11.6 Å². The van der Waals surface area contributed by atoms with Crippen molar-refractivity contribution in [3.63, 3.8) is 0 Å². The van der Waals surface area contributed by atoms with E-state index in [4.69, 9.17) is 16.3 Å². The molecular weight excluding hydrogens is 272 g/mol. The standard InChI is InChI=1S/C16H17ClN2O/c1-12-11-20-16-14(7-8-15(17)18-16)10-19(12)9-13-5-3-2-4-6-13/h2-8,12H,9-11H2,1H3. The van der Waals surface area contributed by atoms with Gasteiger partial charge >= 0.3 is 0 Å². The molecule has 1 aromatic heterocycles. The zero-order valence-corrected chi connectivity index (χ0v) is 12.2. The predicted molar refractivity (Wildman–Crippen MR) is 79.9 cm³/mol. The summed E-state index contributed by atoms with van der Waals surface area (Å²) in [4.78, 5) is 6.67. The SMILES string of the molecule is CC1COc2nc(Cl)ccc2CN1Cc1ccccc1. The summed E-state index contributed by atoms with van der Waals surface area (Å²) in [5.74, 6) is 0.667. The Morgan fingerprint density at radius 1 is 1.25 bits per heavy atom. The number of aromatic nitrogens is 1. The van der Waals surface area contributed by atoms with Crippen LogP contribution in [0.5, 0.6) is 5.88 Å². The van der Waals surface area contributed by atoms with Crippen LogP contribution in [0.25, 0.3) is 0 Å². The van der Waals surface area contributed by atoms with Crippen LogP contribution in [0.4, 0.5) is 0 Å². The Kier molecular flexibility index (Phi) is 3.90. The summed E-state index contributed by atoms with van der Waals surface area (Å²) in [6, 6.07) is 14.6. The minimum absolute atomic E-state index is 0.336. The number of benzene rings is 1. The fourth-order valence-corrected chi connectivity index (χ4v) is 2.54. The van der Waals surface area contributed by atoms with E-state index in [0.29, 0.717) is 23.7 Å². The average Bonchev–Trinajstić information content (AvgIpc) is 2.61. The van der Waals surface area contributed by atoms with Crippen molar-refractivity contribution in [2.75, 3.05) is 6.61 Å². The Morgan fingerprint density at radius 3 is 2.85 bits per heavy atom. The third kappa shape index (κ3) is 2.94. The van der Waals surface area contributed by atoms with Crippen LogP contribution in [0, 0.1) is 0 Å². The molecule has 0 bridgehead atoms. The molecular formula is C16H17ClN2O. The molecule has 1 atom stereocenters. The first-order valence-electron chi connectivity index (χ1n) is 6.78. The maximum atomic E-state index is 5.93. The summed E-state index contributed by atoms with van der Waals surface area (Å²) >= 11 is 5.93. The molecule has 1 unspecified atom stereocenters. The van der Waals surface area contributed by atoms with Gasteiger partial charge in [0.15, 0.2) is 0 Å². The maximum Gasteiger partial charge on any atom is 0.219 e. The lowest BCUT2D eigenvalue weighted by Crippen LogP contribution is -2.34. The molecule has 2 aromatic rings. The van der Waals surface area contributed by atoms with Gasteiger partial charge in [-0.15, -0.1) is 0 Å². The lowest BCUT2D eigenvalue weighted by atomic mass is 10.1.